The van der Waals surface area contributed by atoms with Crippen LogP contribution >= 0.6 is 0 Å². The molecule has 0 saturated carbocycles. The molecular weight excluding hydrogens is 328 g/mol. The number of benzene rings is 2. The number of aromatic nitrogens is 1. The minimum absolute atomic E-state index is 0.0452. The van der Waals surface area contributed by atoms with E-state index in [1.807, 2.05) is 0 Å². The molecular formula is C17H16N2O4S. The van der Waals surface area contributed by atoms with Gasteiger partial charge in [-0.15, -0.1) is 0 Å². The van der Waals surface area contributed by atoms with Gasteiger partial charge in [0.05, 0.1) is 30.4 Å². The van der Waals surface area contributed by atoms with E-state index in [0.29, 0.717) is 17.2 Å². The van der Waals surface area contributed by atoms with E-state index in [1.165, 1.54) is 10.5 Å². The van der Waals surface area contributed by atoms with Crippen LogP contribution in [0.5, 0.6) is 5.75 Å². The molecule has 0 atom stereocenters. The molecule has 124 valence electrons. The van der Waals surface area contributed by atoms with Crippen LogP contribution in [0.2, 0.25) is 0 Å². The van der Waals surface area contributed by atoms with Crippen molar-refractivity contribution in [2.75, 3.05) is 11.4 Å². The Hall–Kier alpha value is -2.80. The Morgan fingerprint density at radius 1 is 1.04 bits per heavy atom. The van der Waals surface area contributed by atoms with Crippen molar-refractivity contribution >= 4 is 15.7 Å². The van der Waals surface area contributed by atoms with Crippen LogP contribution in [0.25, 0.3) is 0 Å². The highest BCUT2D eigenvalue weighted by atomic mass is 32.2. The van der Waals surface area contributed by atoms with Gasteiger partial charge in [0, 0.05) is 6.07 Å². The van der Waals surface area contributed by atoms with Gasteiger partial charge < -0.3 is 9.26 Å². The molecule has 3 rings (SSSR count). The van der Waals surface area contributed by atoms with Crippen LogP contribution in [0.1, 0.15) is 5.76 Å². The summed E-state index contributed by atoms with van der Waals surface area (Å²) >= 11 is 0. The fraction of sp³-hybridized carbons (Fsp3) is 0.118. The van der Waals surface area contributed by atoms with E-state index >= 15 is 0 Å². The summed E-state index contributed by atoms with van der Waals surface area (Å²) in [6, 6.07) is 16.7. The largest absolute Gasteiger partial charge is 0.497 e. The molecule has 6 nitrogen and oxygen atoms in total. The lowest BCUT2D eigenvalue weighted by molar-refractivity contribution is 0.384. The Labute approximate surface area is 140 Å². The third-order valence-electron chi connectivity index (χ3n) is 3.48. The van der Waals surface area contributed by atoms with Crippen molar-refractivity contribution in [3.63, 3.8) is 0 Å². The summed E-state index contributed by atoms with van der Waals surface area (Å²) in [6.07, 6.45) is 1.48. The van der Waals surface area contributed by atoms with Crippen LogP contribution < -0.4 is 9.04 Å². The van der Waals surface area contributed by atoms with Gasteiger partial charge in [-0.1, -0.05) is 23.4 Å². The van der Waals surface area contributed by atoms with Gasteiger partial charge in [-0.25, -0.2) is 8.42 Å². The van der Waals surface area contributed by atoms with E-state index in [-0.39, 0.29) is 11.4 Å². The first-order valence-electron chi connectivity index (χ1n) is 7.22. The Balaban J connectivity index is 2.04. The molecule has 0 fully saturated rings. The molecule has 7 heteroatoms. The summed E-state index contributed by atoms with van der Waals surface area (Å²) in [4.78, 5) is 0.209. The van der Waals surface area contributed by atoms with Crippen molar-refractivity contribution in [1.29, 1.82) is 0 Å². The van der Waals surface area contributed by atoms with Crippen molar-refractivity contribution in [2.45, 2.75) is 11.4 Å². The second-order valence-corrected chi connectivity index (χ2v) is 6.86. The highest BCUT2D eigenvalue weighted by Crippen LogP contribution is 2.27. The molecule has 0 unspecified atom stereocenters. The Kier molecular flexibility index (Phi) is 4.52. The van der Waals surface area contributed by atoms with Gasteiger partial charge in [0.25, 0.3) is 10.0 Å². The lowest BCUT2D eigenvalue weighted by atomic mass is 10.3. The molecule has 0 aliphatic carbocycles. The topological polar surface area (TPSA) is 72.6 Å². The fourth-order valence-corrected chi connectivity index (χ4v) is 3.70. The maximum Gasteiger partial charge on any atom is 0.264 e. The van der Waals surface area contributed by atoms with Crippen LogP contribution in [0.4, 0.5) is 5.69 Å². The van der Waals surface area contributed by atoms with Crippen molar-refractivity contribution in [2.24, 2.45) is 0 Å². The first kappa shape index (κ1) is 16.1. The zero-order valence-corrected chi connectivity index (χ0v) is 13.8. The number of rotatable bonds is 6. The lowest BCUT2D eigenvalue weighted by Crippen LogP contribution is -2.30. The Morgan fingerprint density at radius 3 is 2.33 bits per heavy atom. The molecule has 1 heterocycles. The molecule has 0 amide bonds. The number of anilines is 1. The number of hydrogen-bond acceptors (Lipinski definition) is 5. The molecule has 0 spiro atoms. The van der Waals surface area contributed by atoms with Gasteiger partial charge in [0.2, 0.25) is 0 Å². The van der Waals surface area contributed by atoms with Crippen LogP contribution in [0, 0.1) is 0 Å². The molecule has 0 saturated heterocycles. The van der Waals surface area contributed by atoms with E-state index < -0.39 is 10.0 Å². The average molecular weight is 344 g/mol. The minimum atomic E-state index is -3.75. The van der Waals surface area contributed by atoms with Gasteiger partial charge in [0.15, 0.2) is 5.76 Å². The second-order valence-electron chi connectivity index (χ2n) is 5.00. The molecule has 2 aromatic carbocycles. The van der Waals surface area contributed by atoms with Crippen molar-refractivity contribution < 1.29 is 17.7 Å². The SMILES string of the molecule is COc1ccc(N(Cc2ccno2)S(=O)(=O)c2ccccc2)cc1. The summed E-state index contributed by atoms with van der Waals surface area (Å²) in [6.45, 7) is 0.0452. The number of nitrogens with zero attached hydrogens (tertiary/aromatic N) is 2. The maximum atomic E-state index is 13.0. The van der Waals surface area contributed by atoms with Crippen LogP contribution in [0.15, 0.2) is 76.3 Å². The molecule has 1 aromatic heterocycles. The maximum absolute atomic E-state index is 13.0. The first-order valence-corrected chi connectivity index (χ1v) is 8.66. The summed E-state index contributed by atoms with van der Waals surface area (Å²) in [5.41, 5.74) is 0.510. The van der Waals surface area contributed by atoms with Gasteiger partial charge in [-0.05, 0) is 36.4 Å². The van der Waals surface area contributed by atoms with Gasteiger partial charge in [-0.3, -0.25) is 4.31 Å². The molecule has 0 aliphatic rings. The lowest BCUT2D eigenvalue weighted by Gasteiger charge is -2.23. The third-order valence-corrected chi connectivity index (χ3v) is 5.27. The van der Waals surface area contributed by atoms with Crippen LogP contribution in [-0.2, 0) is 16.6 Å². The first-order chi connectivity index (χ1) is 11.6. The normalized spacial score (nSPS) is 11.2. The van der Waals surface area contributed by atoms with Crippen LogP contribution in [-0.4, -0.2) is 20.7 Å². The second kappa shape index (κ2) is 6.76. The van der Waals surface area contributed by atoms with Gasteiger partial charge in [-0.2, -0.15) is 0 Å². The van der Waals surface area contributed by atoms with E-state index in [9.17, 15) is 8.42 Å². The standard InChI is InChI=1S/C17H16N2O4S/c1-22-15-9-7-14(8-10-15)19(13-16-11-12-18-23-16)24(20,21)17-5-3-2-4-6-17/h2-12H,13H2,1H3. The van der Waals surface area contributed by atoms with E-state index in [1.54, 1.807) is 67.8 Å². The Morgan fingerprint density at radius 2 is 1.75 bits per heavy atom. The number of ether oxygens (including phenoxy) is 1. The molecule has 24 heavy (non-hydrogen) atoms. The summed E-state index contributed by atoms with van der Waals surface area (Å²) in [5, 5.41) is 3.63. The quantitative estimate of drug-likeness (QED) is 0.687. The predicted molar refractivity (Wildman–Crippen MR) is 89.3 cm³/mol. The highest BCUT2D eigenvalue weighted by molar-refractivity contribution is 7.92. The summed E-state index contributed by atoms with van der Waals surface area (Å²) < 4.78 is 37.6. The van der Waals surface area contributed by atoms with Crippen molar-refractivity contribution in [1.82, 2.24) is 5.16 Å². The molecule has 3 aromatic rings. The number of hydrogen-bond donors (Lipinski definition) is 0. The zero-order chi connectivity index (χ0) is 17.0. The number of sulfonamides is 1. The molecule has 0 N–H and O–H groups in total. The summed E-state index contributed by atoms with van der Waals surface area (Å²) in [7, 11) is -2.19. The monoisotopic (exact) mass is 344 g/mol. The third kappa shape index (κ3) is 3.26. The number of methoxy groups -OCH3 is 1. The Bertz CT molecular complexity index is 876. The molecule has 0 radical (unpaired) electrons. The predicted octanol–water partition coefficient (Wildman–Crippen LogP) is 3.08. The smallest absolute Gasteiger partial charge is 0.264 e. The summed E-state index contributed by atoms with van der Waals surface area (Å²) in [5.74, 6) is 1.10. The molecule has 0 bridgehead atoms. The zero-order valence-electron chi connectivity index (χ0n) is 13.0. The fourth-order valence-electron chi connectivity index (χ4n) is 2.25. The van der Waals surface area contributed by atoms with Crippen LogP contribution in [0.3, 0.4) is 0 Å². The van der Waals surface area contributed by atoms with Gasteiger partial charge >= 0.3 is 0 Å². The molecule has 0 aliphatic heterocycles. The van der Waals surface area contributed by atoms with Gasteiger partial charge in [0.1, 0.15) is 5.75 Å². The van der Waals surface area contributed by atoms with Crippen molar-refractivity contribution in [3.05, 3.63) is 72.6 Å². The highest BCUT2D eigenvalue weighted by Gasteiger charge is 2.26. The van der Waals surface area contributed by atoms with E-state index in [0.717, 1.165) is 0 Å². The minimum Gasteiger partial charge on any atom is -0.497 e. The van der Waals surface area contributed by atoms with E-state index in [4.69, 9.17) is 9.26 Å². The van der Waals surface area contributed by atoms with Crippen molar-refractivity contribution in [3.8, 4) is 5.75 Å². The van der Waals surface area contributed by atoms with E-state index in [2.05, 4.69) is 5.16 Å². The average Bonchev–Trinajstić information content (AvgIpc) is 3.14.